The zero-order valence-corrected chi connectivity index (χ0v) is 15.2. The third-order valence-corrected chi connectivity index (χ3v) is 5.67. The minimum Gasteiger partial charge on any atom is -0.384 e. The summed E-state index contributed by atoms with van der Waals surface area (Å²) in [6.45, 7) is 0. The average molecular weight is 444 g/mol. The maximum absolute atomic E-state index is 11.8. The molecule has 156 valence electrons. The summed E-state index contributed by atoms with van der Waals surface area (Å²) in [7, 11) is -11.1. The fourth-order valence-corrected chi connectivity index (χ4v) is 3.97. The standard InChI is InChI=1S/C11H14N2O13P2/c1-2-11(18)6(15)8(13-4-3-5(14)12-10(13)17)24-7(11)9(16)25-28(22,23)26-27(19,20)21/h1,3-4,6-9,15-16,18H,(H,22,23)(H,12,14,17)(H2,19,20,21)/t6-,7+,8+,9?,11-/m0/s1. The quantitative estimate of drug-likeness (QED) is 0.129. The van der Waals surface area contributed by atoms with Gasteiger partial charge in [-0.15, -0.1) is 6.42 Å². The van der Waals surface area contributed by atoms with E-state index in [0.29, 0.717) is 4.57 Å². The Balaban J connectivity index is 2.35. The van der Waals surface area contributed by atoms with Crippen LogP contribution in [0.15, 0.2) is 21.9 Å². The van der Waals surface area contributed by atoms with E-state index in [-0.39, 0.29) is 0 Å². The molecule has 0 spiro atoms. The van der Waals surface area contributed by atoms with Crippen LogP contribution in [0.25, 0.3) is 0 Å². The van der Waals surface area contributed by atoms with Crippen molar-refractivity contribution in [3.05, 3.63) is 33.1 Å². The Morgan fingerprint density at radius 1 is 1.36 bits per heavy atom. The first-order chi connectivity index (χ1) is 12.7. The molecular weight excluding hydrogens is 430 g/mol. The lowest BCUT2D eigenvalue weighted by atomic mass is 9.92. The number of nitrogens with zero attached hydrogens (tertiary/aromatic N) is 1. The van der Waals surface area contributed by atoms with E-state index < -0.39 is 57.2 Å². The number of nitrogens with one attached hydrogen (secondary N) is 1. The molecule has 6 atom stereocenters. The largest absolute Gasteiger partial charge is 0.483 e. The molecule has 0 saturated carbocycles. The van der Waals surface area contributed by atoms with Crippen molar-refractivity contribution in [2.45, 2.75) is 30.3 Å². The number of terminal acetylenes is 1. The Bertz CT molecular complexity index is 991. The van der Waals surface area contributed by atoms with E-state index in [0.717, 1.165) is 12.3 Å². The number of aromatic nitrogens is 2. The molecule has 1 aliphatic heterocycles. The Hall–Kier alpha value is -1.66. The van der Waals surface area contributed by atoms with Crippen LogP contribution in [0.2, 0.25) is 0 Å². The van der Waals surface area contributed by atoms with Crippen molar-refractivity contribution in [2.75, 3.05) is 0 Å². The van der Waals surface area contributed by atoms with Crippen LogP contribution in [0.5, 0.6) is 0 Å². The molecule has 0 radical (unpaired) electrons. The summed E-state index contributed by atoms with van der Waals surface area (Å²) in [6, 6.07) is 0.864. The van der Waals surface area contributed by atoms with Crippen LogP contribution >= 0.6 is 15.6 Å². The number of aliphatic hydroxyl groups is 3. The van der Waals surface area contributed by atoms with Gasteiger partial charge in [-0.25, -0.2) is 13.9 Å². The van der Waals surface area contributed by atoms with E-state index >= 15 is 0 Å². The summed E-state index contributed by atoms with van der Waals surface area (Å²) in [5.41, 5.74) is -4.69. The van der Waals surface area contributed by atoms with Crippen molar-refractivity contribution in [2.24, 2.45) is 0 Å². The van der Waals surface area contributed by atoms with Crippen LogP contribution in [0.4, 0.5) is 0 Å². The molecule has 15 nitrogen and oxygen atoms in total. The van der Waals surface area contributed by atoms with E-state index in [4.69, 9.17) is 20.9 Å². The Morgan fingerprint density at radius 2 is 1.96 bits per heavy atom. The minimum atomic E-state index is -5.59. The molecule has 0 aliphatic carbocycles. The van der Waals surface area contributed by atoms with Gasteiger partial charge in [-0.05, 0) is 0 Å². The zero-order chi connectivity index (χ0) is 21.5. The Kier molecular flexibility index (Phi) is 6.17. The predicted molar refractivity (Wildman–Crippen MR) is 85.1 cm³/mol. The molecule has 2 heterocycles. The number of aliphatic hydroxyl groups excluding tert-OH is 2. The van der Waals surface area contributed by atoms with Crippen molar-refractivity contribution in [1.29, 1.82) is 0 Å². The van der Waals surface area contributed by atoms with Crippen LogP contribution in [-0.4, -0.2) is 63.6 Å². The van der Waals surface area contributed by atoms with Crippen molar-refractivity contribution in [3.63, 3.8) is 0 Å². The number of hydrogen-bond donors (Lipinski definition) is 7. The number of H-pyrrole nitrogens is 1. The van der Waals surface area contributed by atoms with Gasteiger partial charge in [-0.3, -0.25) is 18.9 Å². The second-order valence-electron chi connectivity index (χ2n) is 5.42. The summed E-state index contributed by atoms with van der Waals surface area (Å²) >= 11 is 0. The highest BCUT2D eigenvalue weighted by Gasteiger charge is 2.59. The number of phosphoric ester groups is 1. The van der Waals surface area contributed by atoms with Gasteiger partial charge in [0.05, 0.1) is 0 Å². The summed E-state index contributed by atoms with van der Waals surface area (Å²) in [5, 5.41) is 30.6. The van der Waals surface area contributed by atoms with Crippen molar-refractivity contribution >= 4 is 15.6 Å². The van der Waals surface area contributed by atoms with E-state index in [1.165, 1.54) is 0 Å². The first kappa shape index (κ1) is 22.6. The summed E-state index contributed by atoms with van der Waals surface area (Å²) in [6.07, 6.45) is -2.79. The van der Waals surface area contributed by atoms with E-state index in [2.05, 4.69) is 8.83 Å². The SMILES string of the molecule is C#C[C@@]1(O)[C@@H](C(O)OP(=O)(O)OP(=O)(O)O)O[C@@H](n2ccc(=O)[nH]c2=O)[C@@H]1O. The van der Waals surface area contributed by atoms with E-state index in [9.17, 15) is 38.9 Å². The smallest absolute Gasteiger partial charge is 0.384 e. The van der Waals surface area contributed by atoms with Gasteiger partial charge in [0.1, 0.15) is 6.10 Å². The molecule has 28 heavy (non-hydrogen) atoms. The number of ether oxygens (including phenoxy) is 1. The lowest BCUT2D eigenvalue weighted by molar-refractivity contribution is -0.173. The van der Waals surface area contributed by atoms with E-state index in [1.807, 2.05) is 4.98 Å². The Labute approximate surface area is 154 Å². The molecular formula is C11H14N2O13P2. The highest BCUT2D eigenvalue weighted by atomic mass is 31.3. The fourth-order valence-electron chi connectivity index (χ4n) is 2.36. The highest BCUT2D eigenvalue weighted by Crippen LogP contribution is 2.58. The first-order valence-electron chi connectivity index (χ1n) is 7.01. The maximum Gasteiger partial charge on any atom is 0.483 e. The molecule has 1 aliphatic rings. The van der Waals surface area contributed by atoms with Gasteiger partial charge in [-0.2, -0.15) is 4.31 Å². The van der Waals surface area contributed by atoms with Gasteiger partial charge < -0.3 is 34.7 Å². The number of rotatable bonds is 6. The molecule has 0 amide bonds. The summed E-state index contributed by atoms with van der Waals surface area (Å²) in [5.74, 6) is 1.67. The van der Waals surface area contributed by atoms with Crippen LogP contribution in [0.1, 0.15) is 6.23 Å². The van der Waals surface area contributed by atoms with E-state index in [1.54, 1.807) is 5.92 Å². The average Bonchev–Trinajstić information content (AvgIpc) is 2.77. The zero-order valence-electron chi connectivity index (χ0n) is 13.4. The van der Waals surface area contributed by atoms with Crippen LogP contribution < -0.4 is 11.2 Å². The van der Waals surface area contributed by atoms with Gasteiger partial charge in [0.25, 0.3) is 5.56 Å². The molecule has 1 fully saturated rings. The third-order valence-electron chi connectivity index (χ3n) is 3.51. The second kappa shape index (κ2) is 7.64. The fraction of sp³-hybridized carbons (Fsp3) is 0.455. The van der Waals surface area contributed by atoms with Gasteiger partial charge in [0, 0.05) is 12.3 Å². The first-order valence-corrected chi connectivity index (χ1v) is 10.0. The van der Waals surface area contributed by atoms with Crippen molar-refractivity contribution < 1.29 is 52.7 Å². The highest BCUT2D eigenvalue weighted by molar-refractivity contribution is 7.60. The minimum absolute atomic E-state index is 0.589. The van der Waals surface area contributed by atoms with Crippen LogP contribution in [0.3, 0.4) is 0 Å². The topological polar surface area (TPSA) is 238 Å². The molecule has 1 saturated heterocycles. The second-order valence-corrected chi connectivity index (χ2v) is 8.20. The maximum atomic E-state index is 11.8. The van der Waals surface area contributed by atoms with Gasteiger partial charge in [0.2, 0.25) is 0 Å². The van der Waals surface area contributed by atoms with Crippen molar-refractivity contribution in [3.8, 4) is 12.3 Å². The molecule has 1 aromatic heterocycles. The molecule has 0 aromatic carbocycles. The lowest BCUT2D eigenvalue weighted by Crippen LogP contribution is -2.51. The predicted octanol–water partition coefficient (Wildman–Crippen LogP) is -3.30. The third kappa shape index (κ3) is 4.66. The van der Waals surface area contributed by atoms with Gasteiger partial charge >= 0.3 is 21.3 Å². The molecule has 1 aromatic rings. The normalized spacial score (nSPS) is 31.1. The van der Waals surface area contributed by atoms with Crippen LogP contribution in [0, 0.1) is 12.3 Å². The van der Waals surface area contributed by atoms with Gasteiger partial charge in [-0.1, -0.05) is 5.92 Å². The van der Waals surface area contributed by atoms with Crippen molar-refractivity contribution in [1.82, 2.24) is 9.55 Å². The molecule has 17 heteroatoms. The summed E-state index contributed by atoms with van der Waals surface area (Å²) in [4.78, 5) is 51.1. The molecule has 2 rings (SSSR count). The van der Waals surface area contributed by atoms with Crippen LogP contribution in [-0.2, 0) is 22.7 Å². The Morgan fingerprint density at radius 3 is 2.46 bits per heavy atom. The molecule has 7 N–H and O–H groups in total. The number of aromatic amines is 1. The molecule has 0 bridgehead atoms. The van der Waals surface area contributed by atoms with Gasteiger partial charge in [0.15, 0.2) is 24.2 Å². The number of hydrogen-bond acceptors (Lipinski definition) is 10. The molecule has 2 unspecified atom stereocenters. The monoisotopic (exact) mass is 444 g/mol. The summed E-state index contributed by atoms with van der Waals surface area (Å²) < 4.78 is 35.4. The lowest BCUT2D eigenvalue weighted by Gasteiger charge is -2.28. The number of phosphoric acid groups is 2.